The average molecular weight is 202 g/mol. The number of thiocarbonyl (C=S) groups is 1. The molecular formula is C9H18N2OS. The number of carbonyl (C=O) groups excluding carboxylic acids is 1. The number of rotatable bonds is 5. The summed E-state index contributed by atoms with van der Waals surface area (Å²) in [5, 5.41) is 0. The third-order valence-electron chi connectivity index (χ3n) is 1.65. The molecule has 0 radical (unpaired) electrons. The molecule has 0 heterocycles. The Labute approximate surface area is 85.3 Å². The van der Waals surface area contributed by atoms with Crippen LogP contribution in [0, 0.1) is 5.92 Å². The van der Waals surface area contributed by atoms with E-state index < -0.39 is 0 Å². The molecule has 0 fully saturated rings. The van der Waals surface area contributed by atoms with E-state index in [4.69, 9.17) is 5.73 Å². The van der Waals surface area contributed by atoms with Crippen molar-refractivity contribution in [2.45, 2.75) is 27.2 Å². The van der Waals surface area contributed by atoms with Gasteiger partial charge in [-0.25, -0.2) is 0 Å². The van der Waals surface area contributed by atoms with Gasteiger partial charge in [0.15, 0.2) is 0 Å². The van der Waals surface area contributed by atoms with Gasteiger partial charge in [-0.2, -0.15) is 0 Å². The van der Waals surface area contributed by atoms with E-state index in [0.29, 0.717) is 5.92 Å². The van der Waals surface area contributed by atoms with Gasteiger partial charge in [-0.1, -0.05) is 26.1 Å². The van der Waals surface area contributed by atoms with Crippen molar-refractivity contribution in [1.82, 2.24) is 4.90 Å². The first-order valence-electron chi connectivity index (χ1n) is 4.53. The van der Waals surface area contributed by atoms with Crippen LogP contribution in [0.25, 0.3) is 0 Å². The fourth-order valence-electron chi connectivity index (χ4n) is 1.11. The molecule has 13 heavy (non-hydrogen) atoms. The lowest BCUT2D eigenvalue weighted by Crippen LogP contribution is -2.36. The number of hydrogen-bond acceptors (Lipinski definition) is 2. The van der Waals surface area contributed by atoms with E-state index in [1.807, 2.05) is 6.92 Å². The van der Waals surface area contributed by atoms with Gasteiger partial charge >= 0.3 is 0 Å². The number of hydrogen-bond donors (Lipinski definition) is 1. The molecule has 0 rings (SSSR count). The van der Waals surface area contributed by atoms with Crippen LogP contribution in [0.5, 0.6) is 0 Å². The van der Waals surface area contributed by atoms with Gasteiger partial charge in [-0.15, -0.1) is 0 Å². The second-order valence-electron chi connectivity index (χ2n) is 3.47. The highest BCUT2D eigenvalue weighted by Gasteiger charge is 2.13. The molecule has 0 aliphatic rings. The van der Waals surface area contributed by atoms with E-state index >= 15 is 0 Å². The summed E-state index contributed by atoms with van der Waals surface area (Å²) in [5.74, 6) is 0.513. The summed E-state index contributed by atoms with van der Waals surface area (Å²) >= 11 is 4.68. The maximum atomic E-state index is 11.5. The Morgan fingerprint density at radius 1 is 1.54 bits per heavy atom. The highest BCUT2D eigenvalue weighted by molar-refractivity contribution is 7.80. The van der Waals surface area contributed by atoms with Crippen molar-refractivity contribution in [3.8, 4) is 0 Å². The minimum atomic E-state index is 0.0312. The van der Waals surface area contributed by atoms with Crippen LogP contribution in [0.15, 0.2) is 0 Å². The molecule has 0 spiro atoms. The predicted molar refractivity (Wildman–Crippen MR) is 58.5 cm³/mol. The van der Waals surface area contributed by atoms with Crippen molar-refractivity contribution >= 4 is 23.1 Å². The Morgan fingerprint density at radius 2 is 2.08 bits per heavy atom. The maximum Gasteiger partial charge on any atom is 0.229 e. The Hall–Kier alpha value is -0.640. The zero-order valence-corrected chi connectivity index (χ0v) is 9.36. The van der Waals surface area contributed by atoms with Gasteiger partial charge in [0.25, 0.3) is 0 Å². The number of carbonyl (C=O) groups is 1. The van der Waals surface area contributed by atoms with Crippen LogP contribution in [0.3, 0.4) is 0 Å². The van der Waals surface area contributed by atoms with Crippen molar-refractivity contribution in [3.05, 3.63) is 0 Å². The zero-order chi connectivity index (χ0) is 10.4. The van der Waals surface area contributed by atoms with Gasteiger partial charge in [0.05, 0.1) is 11.4 Å². The fourth-order valence-corrected chi connectivity index (χ4v) is 1.23. The first-order valence-corrected chi connectivity index (χ1v) is 4.94. The number of amides is 1. The van der Waals surface area contributed by atoms with E-state index in [0.717, 1.165) is 13.1 Å². The van der Waals surface area contributed by atoms with Gasteiger partial charge in [0, 0.05) is 13.1 Å². The molecule has 0 aliphatic carbocycles. The first-order chi connectivity index (χ1) is 5.97. The Morgan fingerprint density at radius 3 is 2.38 bits per heavy atom. The molecule has 76 valence electrons. The lowest BCUT2D eigenvalue weighted by molar-refractivity contribution is -0.130. The van der Waals surface area contributed by atoms with Crippen LogP contribution in [-0.2, 0) is 4.79 Å². The second kappa shape index (κ2) is 5.91. The van der Waals surface area contributed by atoms with Crippen LogP contribution in [0.4, 0.5) is 0 Å². The van der Waals surface area contributed by atoms with Crippen LogP contribution < -0.4 is 5.73 Å². The summed E-state index contributed by atoms with van der Waals surface area (Å²) in [6, 6.07) is 0. The molecular weight excluding hydrogens is 184 g/mol. The van der Waals surface area contributed by atoms with E-state index in [1.54, 1.807) is 4.90 Å². The molecule has 0 unspecified atom stereocenters. The Bertz CT molecular complexity index is 192. The molecule has 0 saturated heterocycles. The van der Waals surface area contributed by atoms with Crippen molar-refractivity contribution in [2.75, 3.05) is 13.1 Å². The Balaban J connectivity index is 4.07. The lowest BCUT2D eigenvalue weighted by atomic mass is 10.2. The fraction of sp³-hybridized carbons (Fsp3) is 0.778. The molecule has 0 saturated carbocycles. The molecule has 0 aliphatic heterocycles. The topological polar surface area (TPSA) is 46.3 Å². The van der Waals surface area contributed by atoms with E-state index in [1.165, 1.54) is 0 Å². The van der Waals surface area contributed by atoms with Crippen LogP contribution in [0.2, 0.25) is 0 Å². The molecule has 2 N–H and O–H groups in total. The summed E-state index contributed by atoms with van der Waals surface area (Å²) in [6.07, 6.45) is 0.190. The Kier molecular flexibility index (Phi) is 5.62. The summed E-state index contributed by atoms with van der Waals surface area (Å²) in [6.45, 7) is 7.62. The molecule has 0 atom stereocenters. The average Bonchev–Trinajstić information content (AvgIpc) is 1.98. The zero-order valence-electron chi connectivity index (χ0n) is 8.54. The van der Waals surface area contributed by atoms with E-state index in [9.17, 15) is 4.79 Å². The molecule has 0 aromatic carbocycles. The maximum absolute atomic E-state index is 11.5. The molecule has 4 heteroatoms. The van der Waals surface area contributed by atoms with Crippen molar-refractivity contribution in [2.24, 2.45) is 11.7 Å². The summed E-state index contributed by atoms with van der Waals surface area (Å²) in [7, 11) is 0. The van der Waals surface area contributed by atoms with Crippen LogP contribution in [0.1, 0.15) is 27.2 Å². The minimum absolute atomic E-state index is 0.0312. The first kappa shape index (κ1) is 12.4. The molecule has 0 bridgehead atoms. The smallest absolute Gasteiger partial charge is 0.229 e. The SMILES string of the molecule is CCN(CC(C)C)C(=O)CC(N)=S. The van der Waals surface area contributed by atoms with E-state index in [-0.39, 0.29) is 17.3 Å². The van der Waals surface area contributed by atoms with Gasteiger partial charge in [0.2, 0.25) is 5.91 Å². The lowest BCUT2D eigenvalue weighted by Gasteiger charge is -2.22. The molecule has 0 aromatic rings. The van der Waals surface area contributed by atoms with Crippen molar-refractivity contribution in [1.29, 1.82) is 0 Å². The molecule has 0 aromatic heterocycles. The normalized spacial score (nSPS) is 10.2. The van der Waals surface area contributed by atoms with Gasteiger partial charge in [-0.3, -0.25) is 4.79 Å². The summed E-state index contributed by atoms with van der Waals surface area (Å²) < 4.78 is 0. The molecule has 1 amide bonds. The van der Waals surface area contributed by atoms with Crippen LogP contribution >= 0.6 is 12.2 Å². The predicted octanol–water partition coefficient (Wildman–Crippen LogP) is 1.17. The standard InChI is InChI=1S/C9H18N2OS/c1-4-11(6-7(2)3)9(12)5-8(10)13/h7H,4-6H2,1-3H3,(H2,10,13). The minimum Gasteiger partial charge on any atom is -0.393 e. The third-order valence-corrected chi connectivity index (χ3v) is 1.79. The van der Waals surface area contributed by atoms with Crippen LogP contribution in [-0.4, -0.2) is 28.9 Å². The summed E-state index contributed by atoms with van der Waals surface area (Å²) in [4.78, 5) is 13.5. The monoisotopic (exact) mass is 202 g/mol. The van der Waals surface area contributed by atoms with Crippen molar-refractivity contribution in [3.63, 3.8) is 0 Å². The quantitative estimate of drug-likeness (QED) is 0.681. The van der Waals surface area contributed by atoms with Gasteiger partial charge in [0.1, 0.15) is 0 Å². The number of nitrogens with zero attached hydrogens (tertiary/aromatic N) is 1. The largest absolute Gasteiger partial charge is 0.393 e. The van der Waals surface area contributed by atoms with E-state index in [2.05, 4.69) is 26.1 Å². The van der Waals surface area contributed by atoms with Gasteiger partial charge in [-0.05, 0) is 12.8 Å². The third kappa shape index (κ3) is 5.58. The number of nitrogens with two attached hydrogens (primary N) is 1. The molecule has 3 nitrogen and oxygen atoms in total. The summed E-state index contributed by atoms with van der Waals surface area (Å²) in [5.41, 5.74) is 5.30. The highest BCUT2D eigenvalue weighted by atomic mass is 32.1. The van der Waals surface area contributed by atoms with Gasteiger partial charge < -0.3 is 10.6 Å². The highest BCUT2D eigenvalue weighted by Crippen LogP contribution is 2.01. The van der Waals surface area contributed by atoms with Crippen molar-refractivity contribution < 1.29 is 4.79 Å². The second-order valence-corrected chi connectivity index (χ2v) is 3.99.